The van der Waals surface area contributed by atoms with Crippen LogP contribution in [0.5, 0.6) is 0 Å². The van der Waals surface area contributed by atoms with Crippen molar-refractivity contribution in [2.45, 2.75) is 19.5 Å². The molecule has 1 nitrogen and oxygen atoms in total. The number of halogens is 3. The van der Waals surface area contributed by atoms with Gasteiger partial charge in [0.1, 0.15) is 0 Å². The predicted octanol–water partition coefficient (Wildman–Crippen LogP) is 3.71. The SMILES string of the molecule is Cc1ccc2n1-c1cc(C(F)(F)F)ccc1C2. The molecule has 0 aliphatic carbocycles. The number of aryl methyl sites for hydroxylation is 1. The largest absolute Gasteiger partial charge is 0.416 e. The number of benzene rings is 1. The number of hydrogen-bond acceptors (Lipinski definition) is 0. The summed E-state index contributed by atoms with van der Waals surface area (Å²) < 4.78 is 39.8. The van der Waals surface area contributed by atoms with Crippen molar-refractivity contribution in [3.63, 3.8) is 0 Å². The summed E-state index contributed by atoms with van der Waals surface area (Å²) in [4.78, 5) is 0. The fourth-order valence-electron chi connectivity index (χ4n) is 2.37. The number of alkyl halides is 3. The van der Waals surface area contributed by atoms with Gasteiger partial charge in [0.2, 0.25) is 0 Å². The van der Waals surface area contributed by atoms with Crippen LogP contribution >= 0.6 is 0 Å². The van der Waals surface area contributed by atoms with Gasteiger partial charge in [-0.2, -0.15) is 13.2 Å². The molecule has 1 aromatic carbocycles. The Morgan fingerprint density at radius 1 is 1.12 bits per heavy atom. The molecule has 0 fully saturated rings. The van der Waals surface area contributed by atoms with Crippen LogP contribution in [0.3, 0.4) is 0 Å². The molecule has 1 aliphatic heterocycles. The summed E-state index contributed by atoms with van der Waals surface area (Å²) in [6.07, 6.45) is -3.57. The van der Waals surface area contributed by atoms with E-state index in [0.717, 1.165) is 23.0 Å². The van der Waals surface area contributed by atoms with Gasteiger partial charge in [-0.25, -0.2) is 0 Å². The van der Waals surface area contributed by atoms with Crippen molar-refractivity contribution in [1.82, 2.24) is 4.57 Å². The van der Waals surface area contributed by atoms with E-state index in [1.807, 2.05) is 23.6 Å². The molecule has 3 rings (SSSR count). The maximum absolute atomic E-state index is 12.6. The molecule has 2 aromatic rings. The molecule has 0 N–H and O–H groups in total. The summed E-state index contributed by atoms with van der Waals surface area (Å²) in [5.74, 6) is 0. The second-order valence-electron chi connectivity index (χ2n) is 4.32. The second kappa shape index (κ2) is 3.15. The van der Waals surface area contributed by atoms with E-state index in [1.54, 1.807) is 6.07 Å². The van der Waals surface area contributed by atoms with Crippen LogP contribution in [-0.4, -0.2) is 4.57 Å². The molecule has 1 aromatic heterocycles. The molecule has 2 heterocycles. The van der Waals surface area contributed by atoms with E-state index in [-0.39, 0.29) is 0 Å². The van der Waals surface area contributed by atoms with Crippen LogP contribution < -0.4 is 0 Å². The van der Waals surface area contributed by atoms with Gasteiger partial charge in [0, 0.05) is 23.5 Å². The van der Waals surface area contributed by atoms with Crippen molar-refractivity contribution in [3.05, 3.63) is 52.8 Å². The lowest BCUT2D eigenvalue weighted by Gasteiger charge is -2.10. The number of aromatic nitrogens is 1. The average molecular weight is 237 g/mol. The van der Waals surface area contributed by atoms with Crippen molar-refractivity contribution >= 4 is 0 Å². The molecule has 0 saturated carbocycles. The highest BCUT2D eigenvalue weighted by Gasteiger charge is 2.32. The van der Waals surface area contributed by atoms with Crippen LogP contribution in [0.15, 0.2) is 30.3 Å². The first kappa shape index (κ1) is 10.4. The molecule has 0 spiro atoms. The van der Waals surface area contributed by atoms with Gasteiger partial charge in [-0.1, -0.05) is 6.07 Å². The van der Waals surface area contributed by atoms with Crippen molar-refractivity contribution in [2.75, 3.05) is 0 Å². The zero-order valence-corrected chi connectivity index (χ0v) is 9.17. The maximum Gasteiger partial charge on any atom is 0.416 e. The normalized spacial score (nSPS) is 13.6. The Kier molecular flexibility index (Phi) is 1.94. The maximum atomic E-state index is 12.6. The van der Waals surface area contributed by atoms with E-state index in [4.69, 9.17) is 0 Å². The van der Waals surface area contributed by atoms with Crippen LogP contribution in [0.1, 0.15) is 22.5 Å². The van der Waals surface area contributed by atoms with Crippen LogP contribution in [-0.2, 0) is 12.6 Å². The number of fused-ring (bicyclic) bond motifs is 3. The van der Waals surface area contributed by atoms with Gasteiger partial charge < -0.3 is 4.57 Å². The lowest BCUT2D eigenvalue weighted by atomic mass is 10.1. The summed E-state index contributed by atoms with van der Waals surface area (Å²) in [6, 6.07) is 7.85. The first-order valence-electron chi connectivity index (χ1n) is 5.34. The Labute approximate surface area is 96.5 Å². The Bertz CT molecular complexity index is 593. The minimum atomic E-state index is -4.28. The van der Waals surface area contributed by atoms with Gasteiger partial charge in [0.15, 0.2) is 0 Å². The Hall–Kier alpha value is -1.71. The summed E-state index contributed by atoms with van der Waals surface area (Å²) in [5.41, 5.74) is 3.06. The highest BCUT2D eigenvalue weighted by Crippen LogP contribution is 2.36. The van der Waals surface area contributed by atoms with Crippen molar-refractivity contribution in [3.8, 4) is 5.69 Å². The molecule has 1 aliphatic rings. The van der Waals surface area contributed by atoms with E-state index >= 15 is 0 Å². The minimum Gasteiger partial charge on any atom is -0.318 e. The van der Waals surface area contributed by atoms with Crippen LogP contribution in [0.2, 0.25) is 0 Å². The van der Waals surface area contributed by atoms with E-state index in [0.29, 0.717) is 12.1 Å². The highest BCUT2D eigenvalue weighted by atomic mass is 19.4. The smallest absolute Gasteiger partial charge is 0.318 e. The minimum absolute atomic E-state index is 0.586. The summed E-state index contributed by atoms with van der Waals surface area (Å²) in [7, 11) is 0. The number of hydrogen-bond donors (Lipinski definition) is 0. The zero-order valence-electron chi connectivity index (χ0n) is 9.17. The van der Waals surface area contributed by atoms with Crippen LogP contribution in [0.4, 0.5) is 13.2 Å². The standard InChI is InChI=1S/C13H10F3N/c1-8-2-5-11-6-9-3-4-10(13(14,15)16)7-12(9)17(8)11/h2-5,7H,6H2,1H3. The highest BCUT2D eigenvalue weighted by molar-refractivity contribution is 5.54. The third-order valence-electron chi connectivity index (χ3n) is 3.18. The molecular formula is C13H10F3N. The Morgan fingerprint density at radius 2 is 1.88 bits per heavy atom. The zero-order chi connectivity index (χ0) is 12.2. The van der Waals surface area contributed by atoms with Gasteiger partial charge in [0.25, 0.3) is 0 Å². The molecule has 0 unspecified atom stereocenters. The van der Waals surface area contributed by atoms with Crippen LogP contribution in [0, 0.1) is 6.92 Å². The molecule has 0 bridgehead atoms. The fraction of sp³-hybridized carbons (Fsp3) is 0.231. The lowest BCUT2D eigenvalue weighted by Crippen LogP contribution is -2.06. The summed E-state index contributed by atoms with van der Waals surface area (Å²) in [6.45, 7) is 1.90. The number of nitrogens with zero attached hydrogens (tertiary/aromatic N) is 1. The molecular weight excluding hydrogens is 227 g/mol. The first-order chi connectivity index (χ1) is 7.97. The quantitative estimate of drug-likeness (QED) is 0.561. The Morgan fingerprint density at radius 3 is 2.59 bits per heavy atom. The second-order valence-corrected chi connectivity index (χ2v) is 4.32. The molecule has 88 valence electrons. The monoisotopic (exact) mass is 237 g/mol. The fourth-order valence-corrected chi connectivity index (χ4v) is 2.37. The van der Waals surface area contributed by atoms with E-state index in [9.17, 15) is 13.2 Å². The van der Waals surface area contributed by atoms with Crippen molar-refractivity contribution < 1.29 is 13.2 Å². The van der Waals surface area contributed by atoms with Crippen LogP contribution in [0.25, 0.3) is 5.69 Å². The van der Waals surface area contributed by atoms with E-state index in [1.165, 1.54) is 6.07 Å². The van der Waals surface area contributed by atoms with Gasteiger partial charge in [-0.05, 0) is 36.8 Å². The summed E-state index contributed by atoms with van der Waals surface area (Å²) >= 11 is 0. The third kappa shape index (κ3) is 1.47. The van der Waals surface area contributed by atoms with Crippen molar-refractivity contribution in [2.24, 2.45) is 0 Å². The predicted molar refractivity (Wildman–Crippen MR) is 58.3 cm³/mol. The topological polar surface area (TPSA) is 4.93 Å². The van der Waals surface area contributed by atoms with Gasteiger partial charge in [0.05, 0.1) is 5.56 Å². The molecule has 0 amide bonds. The summed E-state index contributed by atoms with van der Waals surface area (Å²) in [5, 5.41) is 0. The molecule has 0 saturated heterocycles. The first-order valence-corrected chi connectivity index (χ1v) is 5.34. The molecule has 0 radical (unpaired) electrons. The van der Waals surface area contributed by atoms with Gasteiger partial charge in [-0.3, -0.25) is 0 Å². The van der Waals surface area contributed by atoms with E-state index < -0.39 is 11.7 Å². The van der Waals surface area contributed by atoms with E-state index in [2.05, 4.69) is 0 Å². The third-order valence-corrected chi connectivity index (χ3v) is 3.18. The van der Waals surface area contributed by atoms with Gasteiger partial charge >= 0.3 is 6.18 Å². The lowest BCUT2D eigenvalue weighted by molar-refractivity contribution is -0.137. The molecule has 0 atom stereocenters. The van der Waals surface area contributed by atoms with Gasteiger partial charge in [-0.15, -0.1) is 0 Å². The number of rotatable bonds is 0. The molecule has 4 heteroatoms. The molecule has 17 heavy (non-hydrogen) atoms. The van der Waals surface area contributed by atoms with Crippen molar-refractivity contribution in [1.29, 1.82) is 0 Å². The average Bonchev–Trinajstić information content (AvgIpc) is 2.76. The Balaban J connectivity index is 2.21.